The molecule has 1 fully saturated rings. The molecule has 1 saturated heterocycles. The Bertz CT molecular complexity index is 122. The highest BCUT2D eigenvalue weighted by molar-refractivity contribution is 5.54. The van der Waals surface area contributed by atoms with E-state index in [-0.39, 0.29) is 12.0 Å². The van der Waals surface area contributed by atoms with Crippen molar-refractivity contribution in [3.8, 4) is 0 Å². The molecule has 0 aromatic rings. The summed E-state index contributed by atoms with van der Waals surface area (Å²) >= 11 is 0. The van der Waals surface area contributed by atoms with E-state index in [0.29, 0.717) is 6.10 Å². The number of carbonyl (C=O) groups excluding carboxylic acids is 1. The van der Waals surface area contributed by atoms with Crippen LogP contribution in [0.4, 0.5) is 0 Å². The molecule has 0 saturated carbocycles. The lowest BCUT2D eigenvalue weighted by Crippen LogP contribution is -2.32. The number of carbonyl (C=O) groups is 1. The van der Waals surface area contributed by atoms with Crippen LogP contribution < -0.4 is 0 Å². The van der Waals surface area contributed by atoms with Crippen LogP contribution in [0.25, 0.3) is 0 Å². The minimum Gasteiger partial charge on any atom is -0.375 e. The molecule has 0 radical (unpaired) electrons. The van der Waals surface area contributed by atoms with Gasteiger partial charge in [0.15, 0.2) is 0 Å². The third-order valence-corrected chi connectivity index (χ3v) is 2.13. The predicted octanol–water partition coefficient (Wildman–Crippen LogP) is 1.39. The highest BCUT2D eigenvalue weighted by Gasteiger charge is 2.24. The molecule has 2 heteroatoms. The summed E-state index contributed by atoms with van der Waals surface area (Å²) in [5.74, 6) is 0.135. The van der Waals surface area contributed by atoms with Crippen LogP contribution in [-0.2, 0) is 9.53 Å². The average molecular weight is 142 g/mol. The molecule has 0 aliphatic carbocycles. The summed E-state index contributed by atoms with van der Waals surface area (Å²) in [7, 11) is 0. The number of rotatable bonds is 1. The first-order chi connectivity index (χ1) is 4.74. The van der Waals surface area contributed by atoms with Crippen LogP contribution >= 0.6 is 0 Å². The van der Waals surface area contributed by atoms with Gasteiger partial charge in [-0.1, -0.05) is 0 Å². The van der Waals surface area contributed by atoms with Crippen LogP contribution in [-0.4, -0.2) is 18.5 Å². The first kappa shape index (κ1) is 7.73. The van der Waals surface area contributed by atoms with Crippen LogP contribution in [0.5, 0.6) is 0 Å². The van der Waals surface area contributed by atoms with Crippen LogP contribution in [0.1, 0.15) is 26.7 Å². The van der Waals surface area contributed by atoms with Gasteiger partial charge in [0.1, 0.15) is 6.29 Å². The quantitative estimate of drug-likeness (QED) is 0.517. The van der Waals surface area contributed by atoms with Gasteiger partial charge in [0, 0.05) is 5.92 Å². The Kier molecular flexibility index (Phi) is 2.44. The monoisotopic (exact) mass is 142 g/mol. The van der Waals surface area contributed by atoms with Crippen molar-refractivity contribution in [2.24, 2.45) is 5.92 Å². The average Bonchev–Trinajstić information content (AvgIpc) is 1.88. The molecular formula is C8H14O2. The van der Waals surface area contributed by atoms with Crippen molar-refractivity contribution in [3.05, 3.63) is 0 Å². The smallest absolute Gasteiger partial charge is 0.125 e. The van der Waals surface area contributed by atoms with Gasteiger partial charge >= 0.3 is 0 Å². The number of ether oxygens (including phenoxy) is 1. The normalized spacial score (nSPS) is 41.2. The van der Waals surface area contributed by atoms with Crippen LogP contribution in [0, 0.1) is 5.92 Å². The summed E-state index contributed by atoms with van der Waals surface area (Å²) < 4.78 is 5.46. The summed E-state index contributed by atoms with van der Waals surface area (Å²) in [6.07, 6.45) is 3.49. The fourth-order valence-electron chi connectivity index (χ4n) is 1.38. The minimum atomic E-state index is 0.126. The van der Waals surface area contributed by atoms with E-state index in [2.05, 4.69) is 6.92 Å². The molecule has 3 unspecified atom stereocenters. The molecule has 58 valence electrons. The van der Waals surface area contributed by atoms with E-state index in [4.69, 9.17) is 4.74 Å². The van der Waals surface area contributed by atoms with Crippen LogP contribution in [0.2, 0.25) is 0 Å². The molecule has 0 bridgehead atoms. The molecule has 0 amide bonds. The van der Waals surface area contributed by atoms with Crippen molar-refractivity contribution in [2.75, 3.05) is 0 Å². The van der Waals surface area contributed by atoms with Crippen molar-refractivity contribution in [2.45, 2.75) is 38.9 Å². The molecule has 0 N–H and O–H groups in total. The van der Waals surface area contributed by atoms with Gasteiger partial charge in [0.05, 0.1) is 12.2 Å². The lowest BCUT2D eigenvalue weighted by Gasteiger charge is -2.29. The zero-order valence-electron chi connectivity index (χ0n) is 6.54. The molecule has 1 aliphatic heterocycles. The SMILES string of the molecule is CC1CCC(C=O)C(C)O1. The van der Waals surface area contributed by atoms with Crippen molar-refractivity contribution in [1.82, 2.24) is 0 Å². The Morgan fingerprint density at radius 3 is 2.60 bits per heavy atom. The molecule has 10 heavy (non-hydrogen) atoms. The van der Waals surface area contributed by atoms with E-state index in [9.17, 15) is 4.79 Å². The van der Waals surface area contributed by atoms with E-state index in [1.165, 1.54) is 0 Å². The van der Waals surface area contributed by atoms with Gasteiger partial charge in [-0.05, 0) is 26.7 Å². The fourth-order valence-corrected chi connectivity index (χ4v) is 1.38. The van der Waals surface area contributed by atoms with Gasteiger partial charge in [-0.3, -0.25) is 0 Å². The Morgan fingerprint density at radius 1 is 1.40 bits per heavy atom. The van der Waals surface area contributed by atoms with Gasteiger partial charge in [0.25, 0.3) is 0 Å². The Hall–Kier alpha value is -0.370. The summed E-state index contributed by atoms with van der Waals surface area (Å²) in [6.45, 7) is 4.02. The maximum Gasteiger partial charge on any atom is 0.125 e. The molecule has 1 aliphatic rings. The summed E-state index contributed by atoms with van der Waals surface area (Å²) in [5.41, 5.74) is 0. The zero-order valence-corrected chi connectivity index (χ0v) is 6.54. The topological polar surface area (TPSA) is 26.3 Å². The zero-order chi connectivity index (χ0) is 7.56. The second-order valence-corrected chi connectivity index (χ2v) is 3.03. The van der Waals surface area contributed by atoms with E-state index in [0.717, 1.165) is 19.1 Å². The maximum atomic E-state index is 10.4. The Labute approximate surface area is 61.6 Å². The fraction of sp³-hybridized carbons (Fsp3) is 0.875. The lowest BCUT2D eigenvalue weighted by atomic mass is 9.94. The lowest BCUT2D eigenvalue weighted by molar-refractivity contribution is -0.123. The summed E-state index contributed by atoms with van der Waals surface area (Å²) in [4.78, 5) is 10.4. The van der Waals surface area contributed by atoms with Crippen LogP contribution in [0.15, 0.2) is 0 Å². The van der Waals surface area contributed by atoms with Gasteiger partial charge in [-0.15, -0.1) is 0 Å². The minimum absolute atomic E-state index is 0.126. The first-order valence-corrected chi connectivity index (χ1v) is 3.84. The number of aldehydes is 1. The number of hydrogen-bond acceptors (Lipinski definition) is 2. The van der Waals surface area contributed by atoms with E-state index in [1.54, 1.807) is 0 Å². The van der Waals surface area contributed by atoms with Crippen molar-refractivity contribution in [1.29, 1.82) is 0 Å². The number of hydrogen-bond donors (Lipinski definition) is 0. The molecule has 2 nitrogen and oxygen atoms in total. The molecule has 1 heterocycles. The largest absolute Gasteiger partial charge is 0.375 e. The highest BCUT2D eigenvalue weighted by atomic mass is 16.5. The third kappa shape index (κ3) is 1.57. The van der Waals surface area contributed by atoms with Crippen molar-refractivity contribution >= 4 is 6.29 Å². The van der Waals surface area contributed by atoms with E-state index < -0.39 is 0 Å². The summed E-state index contributed by atoms with van der Waals surface area (Å²) in [5, 5.41) is 0. The second-order valence-electron chi connectivity index (χ2n) is 3.03. The van der Waals surface area contributed by atoms with Crippen molar-refractivity contribution in [3.63, 3.8) is 0 Å². The maximum absolute atomic E-state index is 10.4. The molecule has 0 aromatic heterocycles. The Morgan fingerprint density at radius 2 is 2.10 bits per heavy atom. The molecule has 3 atom stereocenters. The molecule has 1 rings (SSSR count). The molecule has 0 spiro atoms. The standard InChI is InChI=1S/C8H14O2/c1-6-3-4-8(5-9)7(2)10-6/h5-8H,3-4H2,1-2H3. The van der Waals surface area contributed by atoms with Crippen molar-refractivity contribution < 1.29 is 9.53 Å². The van der Waals surface area contributed by atoms with Gasteiger partial charge in [0.2, 0.25) is 0 Å². The van der Waals surface area contributed by atoms with Gasteiger partial charge in [-0.2, -0.15) is 0 Å². The Balaban J connectivity index is 2.43. The molecular weight excluding hydrogens is 128 g/mol. The van der Waals surface area contributed by atoms with Gasteiger partial charge in [-0.25, -0.2) is 0 Å². The molecule has 0 aromatic carbocycles. The van der Waals surface area contributed by atoms with E-state index in [1.807, 2.05) is 6.92 Å². The highest BCUT2D eigenvalue weighted by Crippen LogP contribution is 2.22. The predicted molar refractivity (Wildman–Crippen MR) is 38.8 cm³/mol. The summed E-state index contributed by atoms with van der Waals surface area (Å²) in [6, 6.07) is 0. The van der Waals surface area contributed by atoms with Gasteiger partial charge < -0.3 is 9.53 Å². The van der Waals surface area contributed by atoms with E-state index >= 15 is 0 Å². The first-order valence-electron chi connectivity index (χ1n) is 3.84. The second kappa shape index (κ2) is 3.15. The third-order valence-electron chi connectivity index (χ3n) is 2.13. The van der Waals surface area contributed by atoms with Crippen LogP contribution in [0.3, 0.4) is 0 Å².